The van der Waals surface area contributed by atoms with Gasteiger partial charge in [0.25, 0.3) is 0 Å². The molecule has 0 heterocycles. The molecule has 0 aromatic heterocycles. The van der Waals surface area contributed by atoms with E-state index in [0.717, 1.165) is 33.4 Å². The molecule has 5 aromatic rings. The van der Waals surface area contributed by atoms with Crippen molar-refractivity contribution in [2.45, 2.75) is 62.4 Å². The lowest BCUT2D eigenvalue weighted by atomic mass is 9.78. The molecule has 0 spiro atoms. The predicted molar refractivity (Wildman–Crippen MR) is 198 cm³/mol. The first kappa shape index (κ1) is 33.6. The molecule has 2 aliphatic carbocycles. The van der Waals surface area contributed by atoms with E-state index < -0.39 is 17.7 Å². The number of rotatable bonds is 9. The molecule has 0 aliphatic heterocycles. The van der Waals surface area contributed by atoms with Crippen molar-refractivity contribution in [2.24, 2.45) is 0 Å². The zero-order valence-corrected chi connectivity index (χ0v) is 28.9. The number of carbonyl (C=O) groups is 2. The normalized spacial score (nSPS) is 15.9. The van der Waals surface area contributed by atoms with E-state index in [1.54, 1.807) is 6.07 Å². The van der Waals surface area contributed by atoms with Crippen LogP contribution in [0.3, 0.4) is 0 Å². The van der Waals surface area contributed by atoms with Gasteiger partial charge in [-0.25, -0.2) is 4.79 Å². The van der Waals surface area contributed by atoms with Crippen LogP contribution < -0.4 is 5.32 Å². The summed E-state index contributed by atoms with van der Waals surface area (Å²) in [7, 11) is 0. The maximum atomic E-state index is 13.8. The zero-order valence-electron chi connectivity index (χ0n) is 28.2. The number of benzene rings is 5. The quantitative estimate of drug-likeness (QED) is 0.124. The Kier molecular flexibility index (Phi) is 10.3. The minimum atomic E-state index is -1.36. The van der Waals surface area contributed by atoms with Gasteiger partial charge in [-0.1, -0.05) is 165 Å². The number of carbonyl (C=O) groups excluding carboxylic acids is 2. The summed E-state index contributed by atoms with van der Waals surface area (Å²) in [5.41, 5.74) is 6.65. The van der Waals surface area contributed by atoms with Gasteiger partial charge in [0, 0.05) is 27.6 Å². The maximum Gasteiger partial charge on any atom is 0.407 e. The van der Waals surface area contributed by atoms with Crippen LogP contribution in [0.4, 0.5) is 4.79 Å². The van der Waals surface area contributed by atoms with Crippen molar-refractivity contribution < 1.29 is 19.1 Å². The summed E-state index contributed by atoms with van der Waals surface area (Å²) in [5.74, 6) is -0.192. The van der Waals surface area contributed by atoms with E-state index in [2.05, 4.69) is 53.8 Å². The monoisotopic (exact) mass is 683 g/mol. The van der Waals surface area contributed by atoms with Gasteiger partial charge >= 0.3 is 12.1 Å². The Morgan fingerprint density at radius 3 is 1.88 bits per heavy atom. The average molecular weight is 684 g/mol. The number of amides is 1. The molecule has 50 heavy (non-hydrogen) atoms. The van der Waals surface area contributed by atoms with Gasteiger partial charge in [-0.15, -0.1) is 0 Å². The molecule has 5 nitrogen and oxygen atoms in total. The molecule has 1 amide bonds. The number of hydrogen-bond donors (Lipinski definition) is 1. The van der Waals surface area contributed by atoms with Crippen LogP contribution in [-0.2, 0) is 19.9 Å². The van der Waals surface area contributed by atoms with E-state index in [1.807, 2.05) is 72.8 Å². The second-order valence-corrected chi connectivity index (χ2v) is 13.8. The van der Waals surface area contributed by atoms with Crippen molar-refractivity contribution in [1.29, 1.82) is 0 Å². The summed E-state index contributed by atoms with van der Waals surface area (Å²) in [5, 5.41) is 3.11. The second kappa shape index (κ2) is 15.3. The fourth-order valence-corrected chi connectivity index (χ4v) is 8.12. The molecule has 0 bridgehead atoms. The third-order valence-electron chi connectivity index (χ3n) is 10.3. The summed E-state index contributed by atoms with van der Waals surface area (Å²) in [6.07, 6.45) is 8.08. The molecule has 0 radical (unpaired) electrons. The molecule has 1 saturated carbocycles. The van der Waals surface area contributed by atoms with E-state index in [4.69, 9.17) is 21.1 Å². The van der Waals surface area contributed by atoms with Gasteiger partial charge in [-0.2, -0.15) is 0 Å². The molecule has 6 heteroatoms. The topological polar surface area (TPSA) is 64.6 Å². The number of fused-ring (bicyclic) bond motifs is 3. The summed E-state index contributed by atoms with van der Waals surface area (Å²) in [6.45, 7) is -0.230. The lowest BCUT2D eigenvalue weighted by Gasteiger charge is -2.36. The zero-order chi connectivity index (χ0) is 34.3. The first-order valence-corrected chi connectivity index (χ1v) is 18.1. The Morgan fingerprint density at radius 1 is 0.660 bits per heavy atom. The molecule has 1 atom stereocenters. The minimum Gasteiger partial charge on any atom is -0.449 e. The largest absolute Gasteiger partial charge is 0.449 e. The number of alkyl carbamates (subject to hydrolysis) is 1. The fourth-order valence-electron chi connectivity index (χ4n) is 7.85. The highest BCUT2D eigenvalue weighted by Gasteiger charge is 2.42. The molecule has 0 saturated heterocycles. The van der Waals surface area contributed by atoms with Gasteiger partial charge in [0.05, 0.1) is 0 Å². The van der Waals surface area contributed by atoms with Gasteiger partial charge < -0.3 is 14.8 Å². The third-order valence-corrected chi connectivity index (χ3v) is 10.6. The van der Waals surface area contributed by atoms with E-state index in [0.29, 0.717) is 16.5 Å². The van der Waals surface area contributed by atoms with Gasteiger partial charge in [-0.3, -0.25) is 4.79 Å². The van der Waals surface area contributed by atoms with Gasteiger partial charge in [0.1, 0.15) is 13.2 Å². The maximum absolute atomic E-state index is 13.8. The third kappa shape index (κ3) is 6.93. The van der Waals surface area contributed by atoms with Crippen LogP contribution in [0.25, 0.3) is 11.1 Å². The summed E-state index contributed by atoms with van der Waals surface area (Å²) < 4.78 is 12.2. The van der Waals surface area contributed by atoms with Crippen LogP contribution in [-0.4, -0.2) is 25.2 Å². The summed E-state index contributed by atoms with van der Waals surface area (Å²) in [4.78, 5) is 26.9. The first-order valence-electron chi connectivity index (χ1n) is 17.8. The van der Waals surface area contributed by atoms with Crippen LogP contribution in [0.1, 0.15) is 90.2 Å². The highest BCUT2D eigenvalue weighted by Crippen LogP contribution is 2.46. The van der Waals surface area contributed by atoms with E-state index >= 15 is 0 Å². The van der Waals surface area contributed by atoms with Crippen LogP contribution in [0.5, 0.6) is 0 Å². The van der Waals surface area contributed by atoms with Crippen LogP contribution in [0.2, 0.25) is 5.02 Å². The molecule has 7 rings (SSSR count). The number of ether oxygens (including phenoxy) is 2. The summed E-state index contributed by atoms with van der Waals surface area (Å²) in [6, 6.07) is 42.0. The van der Waals surface area contributed by atoms with Crippen molar-refractivity contribution in [1.82, 2.24) is 5.32 Å². The van der Waals surface area contributed by atoms with Crippen molar-refractivity contribution in [3.05, 3.63) is 166 Å². The minimum absolute atomic E-state index is 0.0866. The number of esters is 1. The van der Waals surface area contributed by atoms with Gasteiger partial charge in [0.15, 0.2) is 5.60 Å². The van der Waals surface area contributed by atoms with E-state index in [9.17, 15) is 9.59 Å². The van der Waals surface area contributed by atoms with Crippen LogP contribution in [0.15, 0.2) is 127 Å². The Balaban J connectivity index is 1.12. The smallest absolute Gasteiger partial charge is 0.407 e. The fraction of sp³-hybridized carbons (Fsp3) is 0.273. The highest BCUT2D eigenvalue weighted by atomic mass is 35.5. The molecule has 5 aromatic carbocycles. The van der Waals surface area contributed by atoms with Gasteiger partial charge in [-0.05, 0) is 52.6 Å². The standard InChI is InChI=1S/C44H42ClNO4/c45-41-24-14-13-23-40(41)44(33-17-7-4-8-18-33,34-27-25-32(26-28-34)31-15-5-2-1-3-6-16-31)50-42(47)29-46-43(48)49-30-39-37-21-11-9-19-35(37)36-20-10-12-22-38(36)39/h4,7-14,17-28,31,39H,1-3,5-6,15-16,29-30H2,(H,46,48). The first-order chi connectivity index (χ1) is 24.5. The van der Waals surface area contributed by atoms with Gasteiger partial charge in [0.2, 0.25) is 0 Å². The van der Waals surface area contributed by atoms with E-state index in [-0.39, 0.29) is 19.1 Å². The second-order valence-electron chi connectivity index (χ2n) is 13.3. The molecule has 1 unspecified atom stereocenters. The predicted octanol–water partition coefficient (Wildman–Crippen LogP) is 10.5. The van der Waals surface area contributed by atoms with Crippen molar-refractivity contribution >= 4 is 23.7 Å². The summed E-state index contributed by atoms with van der Waals surface area (Å²) >= 11 is 6.90. The average Bonchev–Trinajstić information content (AvgIpc) is 3.46. The number of nitrogens with one attached hydrogen (secondary N) is 1. The Morgan fingerprint density at radius 2 is 1.22 bits per heavy atom. The molecule has 254 valence electrons. The van der Waals surface area contributed by atoms with Crippen LogP contribution >= 0.6 is 11.6 Å². The molecular formula is C44H42ClNO4. The highest BCUT2D eigenvalue weighted by molar-refractivity contribution is 6.31. The number of halogens is 1. The number of hydrogen-bond acceptors (Lipinski definition) is 4. The Labute approximate surface area is 299 Å². The Bertz CT molecular complexity index is 1890. The lowest BCUT2D eigenvalue weighted by Crippen LogP contribution is -2.40. The van der Waals surface area contributed by atoms with Crippen molar-refractivity contribution in [3.8, 4) is 11.1 Å². The molecule has 1 fully saturated rings. The molecule has 1 N–H and O–H groups in total. The lowest BCUT2D eigenvalue weighted by molar-refractivity contribution is -0.152. The SMILES string of the molecule is O=C(CNC(=O)OCC1c2ccccc2-c2ccccc21)OC(c1ccccc1)(c1ccc(C2CCCCCCC2)cc1)c1ccccc1Cl. The van der Waals surface area contributed by atoms with Crippen molar-refractivity contribution in [3.63, 3.8) is 0 Å². The van der Waals surface area contributed by atoms with Crippen molar-refractivity contribution in [2.75, 3.05) is 13.2 Å². The van der Waals surface area contributed by atoms with Crippen LogP contribution in [0, 0.1) is 0 Å². The molecular weight excluding hydrogens is 642 g/mol. The molecule has 2 aliphatic rings. The Hall–Kier alpha value is -4.87. The van der Waals surface area contributed by atoms with E-state index in [1.165, 1.54) is 50.5 Å².